The number of hydrogen-bond donors (Lipinski definition) is 3. The Labute approximate surface area is 318 Å². The Morgan fingerprint density at radius 3 is 2.00 bits per heavy atom. The summed E-state index contributed by atoms with van der Waals surface area (Å²) in [6, 6.07) is 21.1. The number of rotatable bonds is 5. The van der Waals surface area contributed by atoms with Gasteiger partial charge in [-0.05, 0) is 128 Å². The van der Waals surface area contributed by atoms with Crippen molar-refractivity contribution in [1.82, 2.24) is 15.0 Å². The summed E-state index contributed by atoms with van der Waals surface area (Å²) in [5.41, 5.74) is 12.2. The Kier molecular flexibility index (Phi) is 7.06. The lowest BCUT2D eigenvalue weighted by molar-refractivity contribution is 0.0691. The molecule has 0 aliphatic carbocycles. The highest BCUT2D eigenvalue weighted by molar-refractivity contribution is 7.21. The molecule has 0 saturated heterocycles. The topological polar surface area (TPSA) is 150 Å². The van der Waals surface area contributed by atoms with Crippen LogP contribution in [0.15, 0.2) is 77.0 Å². The molecule has 0 fully saturated rings. The fourth-order valence-electron chi connectivity index (χ4n) is 9.21. The fraction of sp³-hybridized carbons (Fsp3) is 0.238. The lowest BCUT2D eigenvalue weighted by atomic mass is 9.91. The molecule has 4 aromatic carbocycles. The molecule has 0 bridgehead atoms. The molecule has 55 heavy (non-hydrogen) atoms. The van der Waals surface area contributed by atoms with Crippen LogP contribution in [-0.2, 0) is 25.7 Å². The lowest BCUT2D eigenvalue weighted by Gasteiger charge is -2.36. The summed E-state index contributed by atoms with van der Waals surface area (Å²) in [5, 5.41) is 20.9. The van der Waals surface area contributed by atoms with Gasteiger partial charge < -0.3 is 29.8 Å². The highest BCUT2D eigenvalue weighted by atomic mass is 32.1. The van der Waals surface area contributed by atoms with Gasteiger partial charge in [0.25, 0.3) is 11.8 Å². The van der Waals surface area contributed by atoms with E-state index >= 15 is 0 Å². The van der Waals surface area contributed by atoms with Crippen LogP contribution in [0.5, 0.6) is 0 Å². The van der Waals surface area contributed by atoms with Crippen LogP contribution in [0.2, 0.25) is 0 Å². The van der Waals surface area contributed by atoms with Crippen LogP contribution in [-0.4, -0.2) is 64.0 Å². The summed E-state index contributed by atoms with van der Waals surface area (Å²) in [5.74, 6) is -1.25. The number of carbonyl (C=O) groups is 3. The number of nitrogens with zero attached hydrogens (tertiary/aromatic N) is 6. The zero-order valence-electron chi connectivity index (χ0n) is 29.7. The van der Waals surface area contributed by atoms with E-state index in [1.165, 1.54) is 41.0 Å². The SMILES string of the molecule is O=C(O)c1cc2c3c(ccc2[nH]1)N(C(=O)c1cc2c4c(ccc2[nH]1)N(C(=O)c1ccc2nc(/N=N/c5cc6c7c(c5)CCCN7CCC6)sc2c1)CC4)CC3. The molecular formula is C42H34N8O4S. The number of H-pyrrole nitrogens is 2. The quantitative estimate of drug-likeness (QED) is 0.150. The highest BCUT2D eigenvalue weighted by Gasteiger charge is 2.32. The summed E-state index contributed by atoms with van der Waals surface area (Å²) in [6.45, 7) is 3.31. The molecule has 3 aromatic heterocycles. The number of carboxylic acid groups (broad SMARTS) is 1. The number of anilines is 3. The predicted molar refractivity (Wildman–Crippen MR) is 213 cm³/mol. The number of amides is 2. The third-order valence-corrected chi connectivity index (χ3v) is 12.6. The third kappa shape index (κ3) is 5.09. The van der Waals surface area contributed by atoms with Crippen molar-refractivity contribution in [1.29, 1.82) is 0 Å². The molecule has 0 atom stereocenters. The number of aromatic nitrogens is 3. The third-order valence-electron chi connectivity index (χ3n) is 11.7. The van der Waals surface area contributed by atoms with Crippen LogP contribution in [0.1, 0.15) is 66.4 Å². The molecule has 0 radical (unpaired) electrons. The normalized spacial score (nSPS) is 16.1. The number of carboxylic acids is 1. The van der Waals surface area contributed by atoms with E-state index in [0.29, 0.717) is 42.3 Å². The van der Waals surface area contributed by atoms with E-state index in [-0.39, 0.29) is 17.5 Å². The minimum absolute atomic E-state index is 0.0868. The minimum Gasteiger partial charge on any atom is -0.477 e. The molecule has 13 heteroatoms. The van der Waals surface area contributed by atoms with Crippen molar-refractivity contribution < 1.29 is 19.5 Å². The van der Waals surface area contributed by atoms with Crippen LogP contribution < -0.4 is 14.7 Å². The molecule has 12 nitrogen and oxygen atoms in total. The van der Waals surface area contributed by atoms with Crippen molar-refractivity contribution in [2.24, 2.45) is 10.2 Å². The first-order valence-electron chi connectivity index (χ1n) is 18.8. The largest absolute Gasteiger partial charge is 0.477 e. The average molecular weight is 747 g/mol. The van der Waals surface area contributed by atoms with Gasteiger partial charge >= 0.3 is 5.97 Å². The first-order chi connectivity index (χ1) is 26.9. The van der Waals surface area contributed by atoms with Crippen molar-refractivity contribution in [3.05, 3.63) is 106 Å². The highest BCUT2D eigenvalue weighted by Crippen LogP contribution is 2.41. The smallest absolute Gasteiger partial charge is 0.352 e. The molecule has 4 aliphatic rings. The zero-order chi connectivity index (χ0) is 36.9. The second-order valence-electron chi connectivity index (χ2n) is 14.8. The summed E-state index contributed by atoms with van der Waals surface area (Å²) < 4.78 is 0.877. The van der Waals surface area contributed by atoms with E-state index in [9.17, 15) is 19.5 Å². The molecule has 0 spiro atoms. The number of carbonyl (C=O) groups excluding carboxylic acids is 2. The molecule has 11 rings (SSSR count). The average Bonchev–Trinajstić information content (AvgIpc) is 4.04. The van der Waals surface area contributed by atoms with Gasteiger partial charge in [0.15, 0.2) is 0 Å². The van der Waals surface area contributed by atoms with E-state index in [1.807, 2.05) is 53.4 Å². The second-order valence-corrected chi connectivity index (χ2v) is 15.8. The molecule has 272 valence electrons. The number of benzene rings is 4. The standard InChI is InChI=1S/C42H34N8O4S/c51-39(24-5-6-32-37(19-24)55-42(45-32)47-46-25-17-22-3-1-13-48-14-2-4-23(18-25)38(22)48)49-15-11-26-28-20-33(43-30(28)7-9-35(26)49)40(52)50-16-12-27-29-21-34(41(53)54)44-31(29)8-10-36(27)50/h5-10,17-21,43-44H,1-4,11-16H2,(H,53,54)/b47-46+. The predicted octanol–water partition coefficient (Wildman–Crippen LogP) is 8.48. The monoisotopic (exact) mass is 746 g/mol. The van der Waals surface area contributed by atoms with Crippen LogP contribution in [0.25, 0.3) is 32.0 Å². The van der Waals surface area contributed by atoms with Gasteiger partial charge in [-0.15, -0.1) is 10.2 Å². The van der Waals surface area contributed by atoms with Gasteiger partial charge in [-0.3, -0.25) is 9.59 Å². The van der Waals surface area contributed by atoms with Gasteiger partial charge in [0.2, 0.25) is 5.13 Å². The number of azo groups is 1. The second kappa shape index (κ2) is 12.1. The van der Waals surface area contributed by atoms with E-state index in [0.717, 1.165) is 86.1 Å². The molecule has 7 aromatic rings. The van der Waals surface area contributed by atoms with Crippen molar-refractivity contribution >= 4 is 89.0 Å². The number of fused-ring (bicyclic) bond motifs is 7. The van der Waals surface area contributed by atoms with Crippen LogP contribution in [0.3, 0.4) is 0 Å². The number of aryl methyl sites for hydroxylation is 2. The molecule has 2 amide bonds. The van der Waals surface area contributed by atoms with Crippen molar-refractivity contribution in [2.45, 2.75) is 38.5 Å². The molecular weight excluding hydrogens is 713 g/mol. The lowest BCUT2D eigenvalue weighted by Crippen LogP contribution is -2.34. The maximum atomic E-state index is 14.0. The van der Waals surface area contributed by atoms with E-state index in [4.69, 9.17) is 4.98 Å². The maximum Gasteiger partial charge on any atom is 0.352 e. The zero-order valence-corrected chi connectivity index (χ0v) is 30.5. The molecule has 7 heterocycles. The summed E-state index contributed by atoms with van der Waals surface area (Å²) in [7, 11) is 0. The Balaban J connectivity index is 0.835. The molecule has 0 unspecified atom stereocenters. The summed E-state index contributed by atoms with van der Waals surface area (Å²) in [6.07, 6.45) is 5.79. The Bertz CT molecular complexity index is 2820. The van der Waals surface area contributed by atoms with Crippen LogP contribution in [0, 0.1) is 0 Å². The van der Waals surface area contributed by atoms with Gasteiger partial charge in [-0.25, -0.2) is 9.78 Å². The van der Waals surface area contributed by atoms with E-state index in [1.54, 1.807) is 11.0 Å². The first-order valence-corrected chi connectivity index (χ1v) is 19.6. The van der Waals surface area contributed by atoms with Gasteiger partial charge in [0.1, 0.15) is 11.4 Å². The number of hydrogen-bond acceptors (Lipinski definition) is 8. The number of nitrogens with one attached hydrogen (secondary N) is 2. The van der Waals surface area contributed by atoms with Gasteiger partial charge in [-0.2, -0.15) is 0 Å². The van der Waals surface area contributed by atoms with Gasteiger partial charge in [0.05, 0.1) is 15.9 Å². The molecule has 3 N–H and O–H groups in total. The van der Waals surface area contributed by atoms with Crippen molar-refractivity contribution in [3.8, 4) is 0 Å². The van der Waals surface area contributed by atoms with Crippen molar-refractivity contribution in [3.63, 3.8) is 0 Å². The summed E-state index contributed by atoms with van der Waals surface area (Å²) >= 11 is 1.43. The number of aromatic carboxylic acids is 1. The molecule has 0 saturated carbocycles. The van der Waals surface area contributed by atoms with E-state index < -0.39 is 5.97 Å². The Hall–Kier alpha value is -6.34. The van der Waals surface area contributed by atoms with Crippen molar-refractivity contribution in [2.75, 3.05) is 40.9 Å². The fourth-order valence-corrected chi connectivity index (χ4v) is 10.0. The number of thiazole rings is 1. The Morgan fingerprint density at radius 2 is 1.33 bits per heavy atom. The number of aromatic amines is 2. The van der Waals surface area contributed by atoms with Gasteiger partial charge in [-0.1, -0.05) is 11.3 Å². The minimum atomic E-state index is -1.02. The van der Waals surface area contributed by atoms with Crippen LogP contribution >= 0.6 is 11.3 Å². The van der Waals surface area contributed by atoms with Crippen LogP contribution in [0.4, 0.5) is 27.9 Å². The maximum absolute atomic E-state index is 14.0. The van der Waals surface area contributed by atoms with Gasteiger partial charge in [0, 0.05) is 70.6 Å². The molecule has 4 aliphatic heterocycles. The summed E-state index contributed by atoms with van der Waals surface area (Å²) in [4.78, 5) is 56.5. The Morgan fingerprint density at radius 1 is 0.691 bits per heavy atom. The van der Waals surface area contributed by atoms with E-state index in [2.05, 4.69) is 37.2 Å². The first kappa shape index (κ1) is 32.1.